The lowest BCUT2D eigenvalue weighted by molar-refractivity contribution is 0.0844. The Morgan fingerprint density at radius 2 is 2.06 bits per heavy atom. The van der Waals surface area contributed by atoms with Crippen molar-refractivity contribution in [1.82, 2.24) is 0 Å². The van der Waals surface area contributed by atoms with E-state index in [-0.39, 0.29) is 5.84 Å². The van der Waals surface area contributed by atoms with E-state index in [2.05, 4.69) is 13.8 Å². The number of ether oxygens (including phenoxy) is 1. The zero-order chi connectivity index (χ0) is 13.5. The molecule has 0 aliphatic carbocycles. The quantitative estimate of drug-likeness (QED) is 0.587. The first kappa shape index (κ1) is 15.0. The Morgan fingerprint density at radius 1 is 1.39 bits per heavy atom. The molecule has 0 bridgehead atoms. The fraction of sp³-hybridized carbons (Fsp3) is 0.500. The smallest absolute Gasteiger partial charge is 0.122 e. The molecule has 18 heavy (non-hydrogen) atoms. The summed E-state index contributed by atoms with van der Waals surface area (Å²) in [5.74, 6) is 0.640. The Hall–Kier alpha value is -1.06. The molecule has 0 saturated heterocycles. The standard InChI is InChI=1S/C14H21ClN2O/c1-3-10(4-2)8-18-9-12-6-5-11(14(16)17)7-13(12)15/h5-7,10H,3-4,8-9H2,1-2H3,(H3,16,17). The third-order valence-corrected chi connectivity index (χ3v) is 3.48. The lowest BCUT2D eigenvalue weighted by Gasteiger charge is -2.13. The maximum Gasteiger partial charge on any atom is 0.122 e. The average Bonchev–Trinajstić information content (AvgIpc) is 2.36. The normalized spacial score (nSPS) is 10.9. The van der Waals surface area contributed by atoms with Crippen LogP contribution in [0.2, 0.25) is 5.02 Å². The fourth-order valence-electron chi connectivity index (χ4n) is 1.69. The van der Waals surface area contributed by atoms with E-state index in [4.69, 9.17) is 27.5 Å². The highest BCUT2D eigenvalue weighted by atomic mass is 35.5. The van der Waals surface area contributed by atoms with Crippen molar-refractivity contribution in [2.24, 2.45) is 11.7 Å². The van der Waals surface area contributed by atoms with Gasteiger partial charge in [-0.15, -0.1) is 0 Å². The molecule has 4 heteroatoms. The second-order valence-electron chi connectivity index (χ2n) is 4.42. The van der Waals surface area contributed by atoms with Crippen LogP contribution in [0.3, 0.4) is 0 Å². The van der Waals surface area contributed by atoms with Gasteiger partial charge >= 0.3 is 0 Å². The van der Waals surface area contributed by atoms with Gasteiger partial charge in [0.05, 0.1) is 6.61 Å². The van der Waals surface area contributed by atoms with E-state index in [1.54, 1.807) is 12.1 Å². The van der Waals surface area contributed by atoms with Gasteiger partial charge in [0.25, 0.3) is 0 Å². The van der Waals surface area contributed by atoms with Crippen LogP contribution in [-0.4, -0.2) is 12.4 Å². The number of nitrogens with one attached hydrogen (secondary N) is 1. The van der Waals surface area contributed by atoms with Gasteiger partial charge in [-0.1, -0.05) is 50.4 Å². The van der Waals surface area contributed by atoms with Gasteiger partial charge in [0.1, 0.15) is 5.84 Å². The molecule has 3 N–H and O–H groups in total. The molecule has 0 radical (unpaired) electrons. The van der Waals surface area contributed by atoms with Gasteiger partial charge in [-0.25, -0.2) is 0 Å². The van der Waals surface area contributed by atoms with Crippen LogP contribution >= 0.6 is 11.6 Å². The topological polar surface area (TPSA) is 59.1 Å². The number of benzene rings is 1. The van der Waals surface area contributed by atoms with Crippen LogP contribution < -0.4 is 5.73 Å². The third-order valence-electron chi connectivity index (χ3n) is 3.13. The summed E-state index contributed by atoms with van der Waals surface area (Å²) >= 11 is 6.12. The summed E-state index contributed by atoms with van der Waals surface area (Å²) in [4.78, 5) is 0. The minimum Gasteiger partial charge on any atom is -0.384 e. The Bertz CT molecular complexity index is 403. The molecule has 0 aromatic heterocycles. The molecule has 0 saturated carbocycles. The van der Waals surface area contributed by atoms with Crippen LogP contribution in [0, 0.1) is 11.3 Å². The molecule has 0 spiro atoms. The van der Waals surface area contributed by atoms with Crippen molar-refractivity contribution >= 4 is 17.4 Å². The molecule has 0 atom stereocenters. The lowest BCUT2D eigenvalue weighted by atomic mass is 10.1. The van der Waals surface area contributed by atoms with Crippen molar-refractivity contribution in [3.63, 3.8) is 0 Å². The zero-order valence-electron chi connectivity index (χ0n) is 11.0. The number of nitrogens with two attached hydrogens (primary N) is 1. The van der Waals surface area contributed by atoms with E-state index in [1.807, 2.05) is 6.07 Å². The summed E-state index contributed by atoms with van der Waals surface area (Å²) in [5.41, 5.74) is 6.98. The SMILES string of the molecule is CCC(CC)COCc1ccc(C(=N)N)cc1Cl. The predicted molar refractivity (Wildman–Crippen MR) is 76.2 cm³/mol. The maximum atomic E-state index is 7.33. The second-order valence-corrected chi connectivity index (χ2v) is 4.82. The number of halogens is 1. The first-order valence-corrected chi connectivity index (χ1v) is 6.66. The molecular weight excluding hydrogens is 248 g/mol. The molecule has 1 aromatic carbocycles. The molecule has 0 amide bonds. The number of hydrogen-bond donors (Lipinski definition) is 2. The maximum absolute atomic E-state index is 7.33. The molecule has 0 aliphatic rings. The van der Waals surface area contributed by atoms with Crippen LogP contribution in [0.1, 0.15) is 37.8 Å². The van der Waals surface area contributed by atoms with Crippen LogP contribution in [-0.2, 0) is 11.3 Å². The summed E-state index contributed by atoms with van der Waals surface area (Å²) in [6, 6.07) is 5.37. The van der Waals surface area contributed by atoms with E-state index in [0.29, 0.717) is 23.1 Å². The Balaban J connectivity index is 2.55. The lowest BCUT2D eigenvalue weighted by Crippen LogP contribution is -2.11. The highest BCUT2D eigenvalue weighted by Crippen LogP contribution is 2.19. The van der Waals surface area contributed by atoms with E-state index >= 15 is 0 Å². The van der Waals surface area contributed by atoms with Crippen molar-refractivity contribution in [2.45, 2.75) is 33.3 Å². The first-order chi connectivity index (χ1) is 8.58. The number of amidine groups is 1. The summed E-state index contributed by atoms with van der Waals surface area (Å²) in [7, 11) is 0. The van der Waals surface area contributed by atoms with Crippen LogP contribution in [0.15, 0.2) is 18.2 Å². The number of hydrogen-bond acceptors (Lipinski definition) is 2. The van der Waals surface area contributed by atoms with E-state index < -0.39 is 0 Å². The van der Waals surface area contributed by atoms with Gasteiger partial charge in [-0.3, -0.25) is 5.41 Å². The first-order valence-electron chi connectivity index (χ1n) is 6.29. The van der Waals surface area contributed by atoms with Crippen molar-refractivity contribution in [1.29, 1.82) is 5.41 Å². The minimum atomic E-state index is 0.0291. The van der Waals surface area contributed by atoms with E-state index in [0.717, 1.165) is 25.0 Å². The molecule has 0 unspecified atom stereocenters. The zero-order valence-corrected chi connectivity index (χ0v) is 11.8. The summed E-state index contributed by atoms with van der Waals surface area (Å²) in [5, 5.41) is 7.94. The van der Waals surface area contributed by atoms with Gasteiger partial charge in [-0.05, 0) is 17.5 Å². The third kappa shape index (κ3) is 4.31. The Kier molecular flexibility index (Phi) is 6.16. The molecule has 0 heterocycles. The Morgan fingerprint density at radius 3 is 2.56 bits per heavy atom. The van der Waals surface area contributed by atoms with Crippen molar-refractivity contribution in [3.8, 4) is 0 Å². The fourth-order valence-corrected chi connectivity index (χ4v) is 1.93. The monoisotopic (exact) mass is 268 g/mol. The van der Waals surface area contributed by atoms with Crippen molar-refractivity contribution < 1.29 is 4.74 Å². The molecule has 1 aromatic rings. The summed E-state index contributed by atoms with van der Waals surface area (Å²) < 4.78 is 5.68. The minimum absolute atomic E-state index is 0.0291. The highest BCUT2D eigenvalue weighted by molar-refractivity contribution is 6.31. The largest absolute Gasteiger partial charge is 0.384 e. The molecular formula is C14H21ClN2O. The highest BCUT2D eigenvalue weighted by Gasteiger charge is 2.06. The van der Waals surface area contributed by atoms with Crippen LogP contribution in [0.25, 0.3) is 0 Å². The van der Waals surface area contributed by atoms with Gasteiger partial charge in [0.2, 0.25) is 0 Å². The van der Waals surface area contributed by atoms with E-state index in [9.17, 15) is 0 Å². The second kappa shape index (κ2) is 7.39. The van der Waals surface area contributed by atoms with Gasteiger partial charge < -0.3 is 10.5 Å². The summed E-state index contributed by atoms with van der Waals surface area (Å²) in [6.07, 6.45) is 2.26. The van der Waals surface area contributed by atoms with Gasteiger partial charge in [0.15, 0.2) is 0 Å². The molecule has 3 nitrogen and oxygen atoms in total. The van der Waals surface area contributed by atoms with Crippen LogP contribution in [0.4, 0.5) is 0 Å². The van der Waals surface area contributed by atoms with Gasteiger partial charge in [-0.2, -0.15) is 0 Å². The molecule has 0 aliphatic heterocycles. The number of rotatable bonds is 7. The van der Waals surface area contributed by atoms with E-state index in [1.165, 1.54) is 0 Å². The van der Waals surface area contributed by atoms with Crippen LogP contribution in [0.5, 0.6) is 0 Å². The Labute approximate surface area is 114 Å². The summed E-state index contributed by atoms with van der Waals surface area (Å²) in [6.45, 7) is 5.61. The van der Waals surface area contributed by atoms with Crippen molar-refractivity contribution in [3.05, 3.63) is 34.3 Å². The van der Waals surface area contributed by atoms with Gasteiger partial charge in [0, 0.05) is 17.2 Å². The molecule has 0 fully saturated rings. The number of nitrogen functional groups attached to an aromatic ring is 1. The molecule has 1 rings (SSSR count). The predicted octanol–water partition coefficient (Wildman–Crippen LogP) is 3.58. The van der Waals surface area contributed by atoms with Crippen molar-refractivity contribution in [2.75, 3.05) is 6.61 Å². The average molecular weight is 269 g/mol. The molecule has 100 valence electrons.